The molecule has 1 aromatic carbocycles. The molecule has 0 fully saturated rings. The number of carbonyl (C=O) groups excluding carboxylic acids is 2. The molecule has 0 aliphatic rings. The lowest BCUT2D eigenvalue weighted by Crippen LogP contribution is -2.10. The van der Waals surface area contributed by atoms with Crippen LogP contribution < -0.4 is 0 Å². The fourth-order valence-electron chi connectivity index (χ4n) is 2.39. The Morgan fingerprint density at radius 2 is 1.60 bits per heavy atom. The highest BCUT2D eigenvalue weighted by Crippen LogP contribution is 2.11. The zero-order chi connectivity index (χ0) is 18.3. The molecule has 0 aliphatic heterocycles. The van der Waals surface area contributed by atoms with Gasteiger partial charge in [0.25, 0.3) is 0 Å². The molecule has 0 atom stereocenters. The molecule has 0 heterocycles. The summed E-state index contributed by atoms with van der Waals surface area (Å²) in [6.07, 6.45) is 7.23. The molecule has 25 heavy (non-hydrogen) atoms. The third kappa shape index (κ3) is 11.6. The van der Waals surface area contributed by atoms with Crippen molar-refractivity contribution in [2.75, 3.05) is 13.2 Å². The molecule has 140 valence electrons. The van der Waals surface area contributed by atoms with E-state index in [9.17, 15) is 9.59 Å². The first-order valence-corrected chi connectivity index (χ1v) is 9.55. The Labute approximate surface area is 155 Å². The minimum absolute atomic E-state index is 0.234. The Morgan fingerprint density at radius 3 is 2.28 bits per heavy atom. The predicted octanol–water partition coefficient (Wildman–Crippen LogP) is 5.11. The summed E-state index contributed by atoms with van der Waals surface area (Å²) in [5.41, 5.74) is 1.03. The van der Waals surface area contributed by atoms with Crippen LogP contribution >= 0.6 is 11.6 Å². The Balaban J connectivity index is 1.99. The fraction of sp³-hybridized carbons (Fsp3) is 0.600. The van der Waals surface area contributed by atoms with Crippen molar-refractivity contribution in [2.45, 2.75) is 64.7 Å². The van der Waals surface area contributed by atoms with Crippen molar-refractivity contribution >= 4 is 23.5 Å². The number of esters is 2. The third-order valence-corrected chi connectivity index (χ3v) is 4.05. The van der Waals surface area contributed by atoms with Gasteiger partial charge in [0.2, 0.25) is 0 Å². The van der Waals surface area contributed by atoms with Crippen LogP contribution in [0.5, 0.6) is 0 Å². The zero-order valence-corrected chi connectivity index (χ0v) is 15.9. The lowest BCUT2D eigenvalue weighted by atomic mass is 10.2. The van der Waals surface area contributed by atoms with Crippen molar-refractivity contribution in [3.63, 3.8) is 0 Å². The highest BCUT2D eigenvalue weighted by Gasteiger charge is 2.07. The molecule has 0 unspecified atom stereocenters. The number of rotatable bonds is 13. The first-order chi connectivity index (χ1) is 12.1. The molecule has 1 aromatic rings. The summed E-state index contributed by atoms with van der Waals surface area (Å²) >= 11 is 5.90. The first-order valence-electron chi connectivity index (χ1n) is 9.17. The molecule has 0 bridgehead atoms. The Morgan fingerprint density at radius 1 is 0.920 bits per heavy atom. The number of carbonyl (C=O) groups is 2. The summed E-state index contributed by atoms with van der Waals surface area (Å²) in [7, 11) is 0. The van der Waals surface area contributed by atoms with E-state index in [1.54, 1.807) is 6.07 Å². The third-order valence-electron chi connectivity index (χ3n) is 3.82. The van der Waals surface area contributed by atoms with E-state index in [1.807, 2.05) is 18.2 Å². The lowest BCUT2D eigenvalue weighted by molar-refractivity contribution is -0.145. The summed E-state index contributed by atoms with van der Waals surface area (Å²) in [6.45, 7) is 2.97. The van der Waals surface area contributed by atoms with Crippen molar-refractivity contribution in [3.05, 3.63) is 34.9 Å². The van der Waals surface area contributed by atoms with Crippen molar-refractivity contribution in [3.8, 4) is 0 Å². The Kier molecular flexibility index (Phi) is 11.8. The molecular formula is C20H29ClO4. The molecule has 0 radical (unpaired) electrons. The van der Waals surface area contributed by atoms with Crippen molar-refractivity contribution in [2.24, 2.45) is 0 Å². The molecule has 1 rings (SSSR count). The normalized spacial score (nSPS) is 10.5. The predicted molar refractivity (Wildman–Crippen MR) is 99.7 cm³/mol. The molecule has 5 heteroatoms. The van der Waals surface area contributed by atoms with Gasteiger partial charge in [-0.3, -0.25) is 9.59 Å². The van der Waals surface area contributed by atoms with E-state index in [1.165, 1.54) is 19.3 Å². The molecular weight excluding hydrogens is 340 g/mol. The van der Waals surface area contributed by atoms with Crippen LogP contribution in [0.4, 0.5) is 0 Å². The fourth-order valence-corrected chi connectivity index (χ4v) is 2.60. The smallest absolute Gasteiger partial charge is 0.305 e. The average molecular weight is 369 g/mol. The quantitative estimate of drug-likeness (QED) is 0.358. The highest BCUT2D eigenvalue weighted by atomic mass is 35.5. The minimum Gasteiger partial charge on any atom is -0.466 e. The molecule has 0 aliphatic carbocycles. The lowest BCUT2D eigenvalue weighted by Gasteiger charge is -2.06. The van der Waals surface area contributed by atoms with E-state index in [0.29, 0.717) is 31.1 Å². The summed E-state index contributed by atoms with van der Waals surface area (Å²) in [4.78, 5) is 23.2. The second-order valence-corrected chi connectivity index (χ2v) is 6.53. The van der Waals surface area contributed by atoms with E-state index in [2.05, 4.69) is 6.92 Å². The molecule has 4 nitrogen and oxygen atoms in total. The number of ether oxygens (including phenoxy) is 2. The molecule has 0 spiro atoms. The summed E-state index contributed by atoms with van der Waals surface area (Å²) < 4.78 is 10.3. The maximum absolute atomic E-state index is 11.6. The van der Waals surface area contributed by atoms with Gasteiger partial charge in [0.05, 0.1) is 13.2 Å². The van der Waals surface area contributed by atoms with Gasteiger partial charge in [-0.2, -0.15) is 0 Å². The van der Waals surface area contributed by atoms with Gasteiger partial charge in [-0.25, -0.2) is 0 Å². The van der Waals surface area contributed by atoms with Crippen molar-refractivity contribution in [1.29, 1.82) is 0 Å². The minimum atomic E-state index is -0.283. The van der Waals surface area contributed by atoms with Crippen LogP contribution in [-0.4, -0.2) is 25.2 Å². The monoisotopic (exact) mass is 368 g/mol. The molecule has 0 aromatic heterocycles. The molecule has 0 saturated heterocycles. The standard InChI is InChI=1S/C20H29ClO4/c1-2-3-4-5-6-14-24-19(22)11-8-12-20(23)25-15-13-17-9-7-10-18(21)16-17/h7,9-10,16H,2-6,8,11-15H2,1H3. The largest absolute Gasteiger partial charge is 0.466 e. The van der Waals surface area contributed by atoms with Gasteiger partial charge in [-0.15, -0.1) is 0 Å². The van der Waals surface area contributed by atoms with Gasteiger partial charge in [-0.1, -0.05) is 56.3 Å². The van der Waals surface area contributed by atoms with Gasteiger partial charge in [0.15, 0.2) is 0 Å². The maximum Gasteiger partial charge on any atom is 0.305 e. The SMILES string of the molecule is CCCCCCCOC(=O)CCCC(=O)OCCc1cccc(Cl)c1. The first kappa shape index (κ1) is 21.5. The second-order valence-electron chi connectivity index (χ2n) is 6.09. The topological polar surface area (TPSA) is 52.6 Å². The highest BCUT2D eigenvalue weighted by molar-refractivity contribution is 6.30. The summed E-state index contributed by atoms with van der Waals surface area (Å²) in [5.74, 6) is -0.517. The number of halogens is 1. The van der Waals surface area contributed by atoms with Gasteiger partial charge in [0.1, 0.15) is 0 Å². The van der Waals surface area contributed by atoms with E-state index in [0.717, 1.165) is 18.4 Å². The summed E-state index contributed by atoms with van der Waals surface area (Å²) in [6, 6.07) is 7.47. The van der Waals surface area contributed by atoms with Gasteiger partial charge in [0, 0.05) is 24.3 Å². The Hall–Kier alpha value is -1.55. The van der Waals surface area contributed by atoms with E-state index in [4.69, 9.17) is 21.1 Å². The van der Waals surface area contributed by atoms with E-state index >= 15 is 0 Å². The van der Waals surface area contributed by atoms with Crippen LogP contribution in [-0.2, 0) is 25.5 Å². The van der Waals surface area contributed by atoms with Gasteiger partial charge >= 0.3 is 11.9 Å². The van der Waals surface area contributed by atoms with Crippen LogP contribution in [0.25, 0.3) is 0 Å². The van der Waals surface area contributed by atoms with Crippen LogP contribution in [0.1, 0.15) is 63.9 Å². The maximum atomic E-state index is 11.6. The van der Waals surface area contributed by atoms with Gasteiger partial charge < -0.3 is 9.47 Å². The molecule has 0 amide bonds. The number of hydrogen-bond donors (Lipinski definition) is 0. The van der Waals surface area contributed by atoms with Crippen LogP contribution in [0.2, 0.25) is 5.02 Å². The van der Waals surface area contributed by atoms with Crippen LogP contribution in [0.15, 0.2) is 24.3 Å². The van der Waals surface area contributed by atoms with Crippen molar-refractivity contribution < 1.29 is 19.1 Å². The Bertz CT molecular complexity index is 516. The number of benzene rings is 1. The van der Waals surface area contributed by atoms with E-state index in [-0.39, 0.29) is 24.8 Å². The van der Waals surface area contributed by atoms with E-state index < -0.39 is 0 Å². The van der Waals surface area contributed by atoms with Gasteiger partial charge in [-0.05, 0) is 30.5 Å². The average Bonchev–Trinajstić information content (AvgIpc) is 2.58. The molecule has 0 saturated carbocycles. The van der Waals surface area contributed by atoms with Crippen molar-refractivity contribution in [1.82, 2.24) is 0 Å². The number of unbranched alkanes of at least 4 members (excludes halogenated alkanes) is 4. The number of hydrogen-bond acceptors (Lipinski definition) is 4. The summed E-state index contributed by atoms with van der Waals surface area (Å²) in [5, 5.41) is 0.674. The second kappa shape index (κ2) is 13.7. The molecule has 0 N–H and O–H groups in total. The zero-order valence-electron chi connectivity index (χ0n) is 15.1. The van der Waals surface area contributed by atoms with Crippen LogP contribution in [0.3, 0.4) is 0 Å². The van der Waals surface area contributed by atoms with Crippen LogP contribution in [0, 0.1) is 0 Å².